The van der Waals surface area contributed by atoms with Crippen molar-refractivity contribution in [2.24, 2.45) is 5.92 Å². The number of carbonyl (C=O) groups excluding carboxylic acids is 1. The molecule has 0 radical (unpaired) electrons. The number of methoxy groups -OCH3 is 2. The van der Waals surface area contributed by atoms with E-state index in [4.69, 9.17) is 14.6 Å². The van der Waals surface area contributed by atoms with Gasteiger partial charge in [-0.05, 0) is 36.5 Å². The first kappa shape index (κ1) is 20.0. The Bertz CT molecular complexity index is 540. The lowest BCUT2D eigenvalue weighted by molar-refractivity contribution is -0.137. The van der Waals surface area contributed by atoms with Crippen molar-refractivity contribution in [3.8, 4) is 11.5 Å². The molecule has 0 aromatic heterocycles. The van der Waals surface area contributed by atoms with Gasteiger partial charge in [0.05, 0.1) is 14.2 Å². The van der Waals surface area contributed by atoms with E-state index in [2.05, 4.69) is 6.92 Å². The van der Waals surface area contributed by atoms with E-state index in [0.717, 1.165) is 31.2 Å². The van der Waals surface area contributed by atoms with Crippen LogP contribution in [0.5, 0.6) is 11.5 Å². The number of hydrogen-bond acceptors (Lipinski definition) is 4. The van der Waals surface area contributed by atoms with Crippen molar-refractivity contribution in [3.05, 3.63) is 23.3 Å². The predicted molar refractivity (Wildman–Crippen MR) is 93.1 cm³/mol. The zero-order valence-corrected chi connectivity index (χ0v) is 15.1. The molecule has 1 unspecified atom stereocenters. The lowest BCUT2D eigenvalue weighted by atomic mass is 9.94. The van der Waals surface area contributed by atoms with E-state index in [1.165, 1.54) is 14.2 Å². The first-order valence-electron chi connectivity index (χ1n) is 8.42. The van der Waals surface area contributed by atoms with Crippen molar-refractivity contribution in [2.45, 2.75) is 52.4 Å². The third kappa shape index (κ3) is 5.87. The van der Waals surface area contributed by atoms with Gasteiger partial charge in [-0.25, -0.2) is 0 Å². The number of hydrogen-bond donors (Lipinski definition) is 1. The summed E-state index contributed by atoms with van der Waals surface area (Å²) < 4.78 is 10.8. The standard InChI is InChI=1S/C19H28O5/c1-5-6-7-8-14-11-16(23-3)19(17(12-14)24-4)15(20)9-13(2)10-18(21)22/h11-13H,5-10H2,1-4H3,(H,21,22). The number of ether oxygens (including phenoxy) is 2. The van der Waals surface area contributed by atoms with Crippen LogP contribution in [0.1, 0.15) is 61.9 Å². The second kappa shape index (κ2) is 9.96. The largest absolute Gasteiger partial charge is 0.496 e. The highest BCUT2D eigenvalue weighted by Gasteiger charge is 2.22. The summed E-state index contributed by atoms with van der Waals surface area (Å²) in [6, 6.07) is 3.76. The zero-order chi connectivity index (χ0) is 18.1. The van der Waals surface area contributed by atoms with Gasteiger partial charge in [-0.1, -0.05) is 26.7 Å². The molecule has 0 fully saturated rings. The van der Waals surface area contributed by atoms with Crippen molar-refractivity contribution in [3.63, 3.8) is 0 Å². The van der Waals surface area contributed by atoms with Crippen LogP contribution in [-0.2, 0) is 11.2 Å². The maximum atomic E-state index is 12.6. The molecule has 1 N–H and O–H groups in total. The first-order chi connectivity index (χ1) is 11.4. The third-order valence-electron chi connectivity index (χ3n) is 3.97. The minimum atomic E-state index is -0.902. The number of aryl methyl sites for hydroxylation is 1. The van der Waals surface area contributed by atoms with Crippen LogP contribution >= 0.6 is 0 Å². The second-order valence-electron chi connectivity index (χ2n) is 6.16. The molecule has 1 aromatic rings. The van der Waals surface area contributed by atoms with Crippen LogP contribution in [0.2, 0.25) is 0 Å². The number of carboxylic acid groups (broad SMARTS) is 1. The number of benzene rings is 1. The van der Waals surface area contributed by atoms with Gasteiger partial charge >= 0.3 is 5.97 Å². The van der Waals surface area contributed by atoms with Crippen LogP contribution in [0, 0.1) is 5.92 Å². The molecular weight excluding hydrogens is 308 g/mol. The Hall–Kier alpha value is -2.04. The van der Waals surface area contributed by atoms with Gasteiger partial charge in [0.15, 0.2) is 5.78 Å². The SMILES string of the molecule is CCCCCc1cc(OC)c(C(=O)CC(C)CC(=O)O)c(OC)c1. The van der Waals surface area contributed by atoms with Gasteiger partial charge < -0.3 is 14.6 Å². The summed E-state index contributed by atoms with van der Waals surface area (Å²) in [5.41, 5.74) is 1.48. The number of Topliss-reactive ketones (excluding diaryl/α,β-unsaturated/α-hetero) is 1. The maximum Gasteiger partial charge on any atom is 0.303 e. The number of aliphatic carboxylic acids is 1. The Balaban J connectivity index is 3.03. The summed E-state index contributed by atoms with van der Waals surface area (Å²) in [7, 11) is 3.06. The van der Waals surface area contributed by atoms with Gasteiger partial charge in [-0.2, -0.15) is 0 Å². The smallest absolute Gasteiger partial charge is 0.303 e. The molecule has 1 atom stereocenters. The molecule has 5 nitrogen and oxygen atoms in total. The molecule has 1 rings (SSSR count). The van der Waals surface area contributed by atoms with Gasteiger partial charge in [0, 0.05) is 12.8 Å². The predicted octanol–water partition coefficient (Wildman–Crippen LogP) is 4.12. The topological polar surface area (TPSA) is 72.8 Å². The molecule has 0 aliphatic carbocycles. The number of carboxylic acids is 1. The highest BCUT2D eigenvalue weighted by Crippen LogP contribution is 2.33. The molecule has 0 amide bonds. The highest BCUT2D eigenvalue weighted by molar-refractivity contribution is 6.01. The normalized spacial score (nSPS) is 11.8. The molecule has 0 aliphatic heterocycles. The Labute approximate surface area is 144 Å². The van der Waals surface area contributed by atoms with Crippen LogP contribution < -0.4 is 9.47 Å². The van der Waals surface area contributed by atoms with E-state index in [0.29, 0.717) is 17.1 Å². The Kier molecular flexibility index (Phi) is 8.30. The van der Waals surface area contributed by atoms with E-state index >= 15 is 0 Å². The van der Waals surface area contributed by atoms with E-state index in [-0.39, 0.29) is 24.5 Å². The molecule has 0 saturated carbocycles. The van der Waals surface area contributed by atoms with Crippen molar-refractivity contribution in [2.75, 3.05) is 14.2 Å². The molecule has 1 aromatic carbocycles. The van der Waals surface area contributed by atoms with Gasteiger partial charge in [0.1, 0.15) is 17.1 Å². The summed E-state index contributed by atoms with van der Waals surface area (Å²) in [6.07, 6.45) is 4.39. The lowest BCUT2D eigenvalue weighted by Crippen LogP contribution is -2.12. The minimum absolute atomic E-state index is 0.0362. The van der Waals surface area contributed by atoms with E-state index in [9.17, 15) is 9.59 Å². The van der Waals surface area contributed by atoms with E-state index in [1.54, 1.807) is 6.92 Å². The van der Waals surface area contributed by atoms with Gasteiger partial charge in [-0.15, -0.1) is 0 Å². The summed E-state index contributed by atoms with van der Waals surface area (Å²) in [4.78, 5) is 23.4. The first-order valence-corrected chi connectivity index (χ1v) is 8.42. The minimum Gasteiger partial charge on any atom is -0.496 e. The van der Waals surface area contributed by atoms with Gasteiger partial charge in [-0.3, -0.25) is 9.59 Å². The fourth-order valence-corrected chi connectivity index (χ4v) is 2.75. The summed E-state index contributed by atoms with van der Waals surface area (Å²) in [5, 5.41) is 8.85. The van der Waals surface area contributed by atoms with Gasteiger partial charge in [0.2, 0.25) is 0 Å². The monoisotopic (exact) mass is 336 g/mol. The molecular formula is C19H28O5. The summed E-state index contributed by atoms with van der Waals surface area (Å²) >= 11 is 0. The van der Waals surface area contributed by atoms with Crippen LogP contribution in [0.3, 0.4) is 0 Å². The molecule has 134 valence electrons. The fourth-order valence-electron chi connectivity index (χ4n) is 2.75. The number of unbranched alkanes of at least 4 members (excludes halogenated alkanes) is 2. The summed E-state index contributed by atoms with van der Waals surface area (Å²) in [5.74, 6) is -0.312. The van der Waals surface area contributed by atoms with Crippen LogP contribution in [0.25, 0.3) is 0 Å². The molecule has 0 spiro atoms. The molecule has 24 heavy (non-hydrogen) atoms. The molecule has 0 bridgehead atoms. The fraction of sp³-hybridized carbons (Fsp3) is 0.579. The van der Waals surface area contributed by atoms with Crippen LogP contribution in [-0.4, -0.2) is 31.1 Å². The average molecular weight is 336 g/mol. The maximum absolute atomic E-state index is 12.6. The summed E-state index contributed by atoms with van der Waals surface area (Å²) in [6.45, 7) is 3.91. The molecule has 0 heterocycles. The van der Waals surface area contributed by atoms with Crippen LogP contribution in [0.4, 0.5) is 0 Å². The Morgan fingerprint density at radius 3 is 2.12 bits per heavy atom. The molecule has 0 saturated heterocycles. The molecule has 0 aliphatic rings. The van der Waals surface area contributed by atoms with E-state index in [1.807, 2.05) is 12.1 Å². The number of carbonyl (C=O) groups is 2. The lowest BCUT2D eigenvalue weighted by Gasteiger charge is -2.16. The second-order valence-corrected chi connectivity index (χ2v) is 6.16. The highest BCUT2D eigenvalue weighted by atomic mass is 16.5. The van der Waals surface area contributed by atoms with E-state index < -0.39 is 5.97 Å². The number of rotatable bonds is 11. The zero-order valence-electron chi connectivity index (χ0n) is 15.1. The third-order valence-corrected chi connectivity index (χ3v) is 3.97. The average Bonchev–Trinajstić information content (AvgIpc) is 2.53. The Morgan fingerprint density at radius 1 is 1.08 bits per heavy atom. The number of ketones is 1. The van der Waals surface area contributed by atoms with Gasteiger partial charge in [0.25, 0.3) is 0 Å². The molecule has 5 heteroatoms. The van der Waals surface area contributed by atoms with Crippen molar-refractivity contribution >= 4 is 11.8 Å². The van der Waals surface area contributed by atoms with Crippen molar-refractivity contribution < 1.29 is 24.2 Å². The quantitative estimate of drug-likeness (QED) is 0.486. The van der Waals surface area contributed by atoms with Crippen molar-refractivity contribution in [1.29, 1.82) is 0 Å². The van der Waals surface area contributed by atoms with Crippen molar-refractivity contribution in [1.82, 2.24) is 0 Å². The van der Waals surface area contributed by atoms with Crippen LogP contribution in [0.15, 0.2) is 12.1 Å². The Morgan fingerprint density at radius 2 is 1.67 bits per heavy atom.